The molecule has 3 unspecified atom stereocenters. The quantitative estimate of drug-likeness (QED) is 0.708. The summed E-state index contributed by atoms with van der Waals surface area (Å²) < 4.78 is 15.0. The molecule has 6 heteroatoms. The van der Waals surface area contributed by atoms with Crippen molar-refractivity contribution in [1.82, 2.24) is 0 Å². The fourth-order valence-electron chi connectivity index (χ4n) is 1.05. The number of aliphatic hydroxyl groups is 2. The van der Waals surface area contributed by atoms with Crippen molar-refractivity contribution in [2.24, 2.45) is 0 Å². The summed E-state index contributed by atoms with van der Waals surface area (Å²) in [6.45, 7) is 0.485. The normalized spacial score (nSPS) is 33.5. The van der Waals surface area contributed by atoms with E-state index in [1.165, 1.54) is 7.11 Å². The van der Waals surface area contributed by atoms with Crippen LogP contribution in [0.25, 0.3) is 0 Å². The molecule has 0 saturated carbocycles. The molecule has 2 N–H and O–H groups in total. The maximum Gasteiger partial charge on any atom is 0.183 e. The molecular weight excluding hydrogens is 291 g/mol. The average molecular weight is 306 g/mol. The molecular formula is C7H15IO5. The van der Waals surface area contributed by atoms with Gasteiger partial charge in [0.15, 0.2) is 6.29 Å². The van der Waals surface area contributed by atoms with Crippen molar-refractivity contribution in [3.63, 3.8) is 0 Å². The highest BCUT2D eigenvalue weighted by atomic mass is 127. The molecule has 1 fully saturated rings. The predicted octanol–water partition coefficient (Wildman–Crippen LogP) is 0.0838. The van der Waals surface area contributed by atoms with Crippen molar-refractivity contribution in [3.8, 4) is 0 Å². The highest BCUT2D eigenvalue weighted by molar-refractivity contribution is 14.1. The fraction of sp³-hybridized carbons (Fsp3) is 1.00. The molecule has 1 rings (SSSR count). The molecule has 0 radical (unpaired) electrons. The molecule has 1 heterocycles. The third-order valence-corrected chi connectivity index (χ3v) is 2.34. The highest BCUT2D eigenvalue weighted by Crippen LogP contribution is 2.18. The van der Waals surface area contributed by atoms with E-state index in [2.05, 4.69) is 0 Å². The minimum atomic E-state index is -0.575. The molecule has 0 aliphatic carbocycles. The van der Waals surface area contributed by atoms with Gasteiger partial charge in [0, 0.05) is 20.6 Å². The third-order valence-electron chi connectivity index (χ3n) is 1.62. The Morgan fingerprint density at radius 2 is 2.08 bits per heavy atom. The van der Waals surface area contributed by atoms with Gasteiger partial charge in [-0.3, -0.25) is 0 Å². The van der Waals surface area contributed by atoms with Crippen LogP contribution in [0.2, 0.25) is 0 Å². The lowest BCUT2D eigenvalue weighted by molar-refractivity contribution is -0.218. The Hall–Kier alpha value is 0.530. The van der Waals surface area contributed by atoms with Crippen molar-refractivity contribution >= 4 is 23.0 Å². The van der Waals surface area contributed by atoms with E-state index in [4.69, 9.17) is 17.6 Å². The average Bonchev–Trinajstić information content (AvgIpc) is 2.20. The zero-order chi connectivity index (χ0) is 10.3. The summed E-state index contributed by atoms with van der Waals surface area (Å²) in [6.07, 6.45) is -0.509. The van der Waals surface area contributed by atoms with E-state index in [0.29, 0.717) is 13.0 Å². The minimum absolute atomic E-state index is 0.0167. The molecule has 3 atom stereocenters. The van der Waals surface area contributed by atoms with Gasteiger partial charge < -0.3 is 22.8 Å². The number of hydrogen-bond acceptors (Lipinski definition) is 5. The Bertz CT molecular complexity index is 123. The van der Waals surface area contributed by atoms with Crippen molar-refractivity contribution in [1.29, 1.82) is 0 Å². The van der Waals surface area contributed by atoms with Crippen LogP contribution >= 0.6 is 23.0 Å². The first-order valence-corrected chi connectivity index (χ1v) is 4.70. The zero-order valence-electron chi connectivity index (χ0n) is 7.64. The first-order chi connectivity index (χ1) is 6.27. The van der Waals surface area contributed by atoms with Crippen molar-refractivity contribution in [3.05, 3.63) is 0 Å². The second kappa shape index (κ2) is 7.89. The third kappa shape index (κ3) is 4.52. The van der Waals surface area contributed by atoms with Crippen LogP contribution in [0.1, 0.15) is 6.42 Å². The molecule has 1 aliphatic heterocycles. The summed E-state index contributed by atoms with van der Waals surface area (Å²) in [7, 11) is 2.51. The topological polar surface area (TPSA) is 68.2 Å². The highest BCUT2D eigenvalue weighted by Gasteiger charge is 2.29. The van der Waals surface area contributed by atoms with Gasteiger partial charge in [-0.25, -0.2) is 0 Å². The number of ether oxygens (including phenoxy) is 2. The van der Waals surface area contributed by atoms with Crippen molar-refractivity contribution in [2.45, 2.75) is 24.9 Å². The van der Waals surface area contributed by atoms with Gasteiger partial charge >= 0.3 is 0 Å². The first-order valence-electron chi connectivity index (χ1n) is 3.82. The molecule has 0 aromatic rings. The van der Waals surface area contributed by atoms with Gasteiger partial charge in [0.2, 0.25) is 0 Å². The molecule has 13 heavy (non-hydrogen) atoms. The largest absolute Gasteiger partial charge is 0.400 e. The number of aliphatic hydroxyl groups excluding tert-OH is 2. The molecule has 5 nitrogen and oxygen atoms in total. The summed E-state index contributed by atoms with van der Waals surface area (Å²) in [5.41, 5.74) is 0. The summed E-state index contributed by atoms with van der Waals surface area (Å²) in [5, 5.41) is 16.3. The smallest absolute Gasteiger partial charge is 0.183 e. The van der Waals surface area contributed by atoms with Crippen LogP contribution in [-0.2, 0) is 12.5 Å². The van der Waals surface area contributed by atoms with E-state index < -0.39 is 12.4 Å². The van der Waals surface area contributed by atoms with E-state index in [0.717, 1.165) is 7.11 Å². The van der Waals surface area contributed by atoms with Gasteiger partial charge in [0.25, 0.3) is 0 Å². The SMILES string of the molecule is CO.COC1OCC(OI)CC1O. The van der Waals surface area contributed by atoms with Gasteiger partial charge in [-0.2, -0.15) is 0 Å². The summed E-state index contributed by atoms with van der Waals surface area (Å²) in [4.78, 5) is 0. The molecule has 1 saturated heterocycles. The zero-order valence-corrected chi connectivity index (χ0v) is 9.80. The lowest BCUT2D eigenvalue weighted by Gasteiger charge is -2.30. The second-order valence-electron chi connectivity index (χ2n) is 2.45. The van der Waals surface area contributed by atoms with Crippen LogP contribution in [0.5, 0.6) is 0 Å². The van der Waals surface area contributed by atoms with Crippen LogP contribution < -0.4 is 0 Å². The number of methoxy groups -OCH3 is 1. The summed E-state index contributed by atoms with van der Waals surface area (Å²) in [6, 6.07) is 0. The van der Waals surface area contributed by atoms with E-state index in [9.17, 15) is 5.11 Å². The first kappa shape index (κ1) is 13.5. The van der Waals surface area contributed by atoms with Crippen molar-refractivity contribution in [2.75, 3.05) is 20.8 Å². The molecule has 0 bridgehead atoms. The second-order valence-corrected chi connectivity index (χ2v) is 2.96. The van der Waals surface area contributed by atoms with Crippen LogP contribution in [0.3, 0.4) is 0 Å². The van der Waals surface area contributed by atoms with E-state index in [-0.39, 0.29) is 6.10 Å². The number of hydrogen-bond donors (Lipinski definition) is 2. The Kier molecular flexibility index (Phi) is 8.21. The molecule has 0 spiro atoms. The number of halogens is 1. The Labute approximate surface area is 91.7 Å². The maximum absolute atomic E-state index is 9.34. The van der Waals surface area contributed by atoms with E-state index in [1.54, 1.807) is 23.0 Å². The van der Waals surface area contributed by atoms with Crippen LogP contribution in [0.4, 0.5) is 0 Å². The van der Waals surface area contributed by atoms with Crippen molar-refractivity contribution < 1.29 is 22.8 Å². The van der Waals surface area contributed by atoms with Crippen LogP contribution in [0.15, 0.2) is 0 Å². The minimum Gasteiger partial charge on any atom is -0.400 e. The standard InChI is InChI=1S/C6H11IO4.CH4O/c1-9-6-5(8)2-4(11-7)3-10-6;1-2/h4-6,8H,2-3H2,1H3;2H,1H3. The monoisotopic (exact) mass is 306 g/mol. The van der Waals surface area contributed by atoms with Gasteiger partial charge in [-0.1, -0.05) is 0 Å². The Balaban J connectivity index is 0.000000671. The lowest BCUT2D eigenvalue weighted by atomic mass is 10.1. The predicted molar refractivity (Wildman–Crippen MR) is 54.4 cm³/mol. The molecule has 0 amide bonds. The number of rotatable bonds is 2. The molecule has 0 aromatic carbocycles. The van der Waals surface area contributed by atoms with Gasteiger partial charge in [0.1, 0.15) is 29.1 Å². The lowest BCUT2D eigenvalue weighted by Crippen LogP contribution is -2.42. The van der Waals surface area contributed by atoms with E-state index in [1.807, 2.05) is 0 Å². The molecule has 1 aliphatic rings. The maximum atomic E-state index is 9.34. The summed E-state index contributed by atoms with van der Waals surface area (Å²) in [5.74, 6) is 0. The Morgan fingerprint density at radius 1 is 1.46 bits per heavy atom. The molecule has 0 aromatic heterocycles. The van der Waals surface area contributed by atoms with Gasteiger partial charge in [-0.15, -0.1) is 0 Å². The Morgan fingerprint density at radius 3 is 2.46 bits per heavy atom. The van der Waals surface area contributed by atoms with E-state index >= 15 is 0 Å². The summed E-state index contributed by atoms with van der Waals surface area (Å²) >= 11 is 1.80. The van der Waals surface area contributed by atoms with Gasteiger partial charge in [-0.05, 0) is 0 Å². The van der Waals surface area contributed by atoms with Gasteiger partial charge in [0.05, 0.1) is 12.7 Å². The van der Waals surface area contributed by atoms with Crippen LogP contribution in [0, 0.1) is 0 Å². The molecule has 80 valence electrons. The van der Waals surface area contributed by atoms with Crippen LogP contribution in [-0.4, -0.2) is 49.5 Å². The fourth-order valence-corrected chi connectivity index (χ4v) is 1.40.